The Morgan fingerprint density at radius 2 is 2.23 bits per heavy atom. The van der Waals surface area contributed by atoms with Crippen LogP contribution >= 0.6 is 0 Å². The molecule has 3 heteroatoms. The van der Waals surface area contributed by atoms with Gasteiger partial charge in [0, 0.05) is 12.1 Å². The van der Waals surface area contributed by atoms with Crippen molar-refractivity contribution in [2.75, 3.05) is 6.54 Å². The molecule has 0 bridgehead atoms. The van der Waals surface area contributed by atoms with E-state index in [0.717, 1.165) is 6.42 Å². The number of aliphatic imine (C=N–C) groups is 1. The molecule has 0 unspecified atom stereocenters. The molecule has 0 aromatic carbocycles. The fourth-order valence-electron chi connectivity index (χ4n) is 1.02. The maximum absolute atomic E-state index is 11.5. The van der Waals surface area contributed by atoms with Crippen molar-refractivity contribution in [3.63, 3.8) is 0 Å². The first-order valence-electron chi connectivity index (χ1n) is 4.36. The van der Waals surface area contributed by atoms with Crippen LogP contribution in [-0.4, -0.2) is 18.4 Å². The van der Waals surface area contributed by atoms with Crippen LogP contribution in [0, 0.1) is 5.41 Å². The second-order valence-corrected chi connectivity index (χ2v) is 3.99. The molecule has 1 aliphatic rings. The SMILES string of the molecule is C=C(C)C1=NCCC(C)(C)C(=O)O1. The van der Waals surface area contributed by atoms with Crippen LogP contribution in [0.15, 0.2) is 17.1 Å². The molecule has 13 heavy (non-hydrogen) atoms. The van der Waals surface area contributed by atoms with Gasteiger partial charge in [0.05, 0.1) is 5.41 Å². The summed E-state index contributed by atoms with van der Waals surface area (Å²) in [6.45, 7) is 9.84. The number of esters is 1. The Bertz CT molecular complexity index is 277. The first-order valence-corrected chi connectivity index (χ1v) is 4.36. The summed E-state index contributed by atoms with van der Waals surface area (Å²) < 4.78 is 5.10. The van der Waals surface area contributed by atoms with E-state index in [4.69, 9.17) is 4.74 Å². The highest BCUT2D eigenvalue weighted by Crippen LogP contribution is 2.25. The Balaban J connectivity index is 2.84. The molecule has 0 atom stereocenters. The monoisotopic (exact) mass is 181 g/mol. The maximum atomic E-state index is 11.5. The predicted molar refractivity (Wildman–Crippen MR) is 51.6 cm³/mol. The van der Waals surface area contributed by atoms with Gasteiger partial charge in [-0.1, -0.05) is 6.58 Å². The van der Waals surface area contributed by atoms with Gasteiger partial charge in [0.2, 0.25) is 5.90 Å². The summed E-state index contributed by atoms with van der Waals surface area (Å²) >= 11 is 0. The molecule has 0 aromatic heterocycles. The van der Waals surface area contributed by atoms with E-state index in [-0.39, 0.29) is 5.97 Å². The lowest BCUT2D eigenvalue weighted by Gasteiger charge is -2.18. The summed E-state index contributed by atoms with van der Waals surface area (Å²) in [7, 11) is 0. The van der Waals surface area contributed by atoms with Gasteiger partial charge in [-0.2, -0.15) is 0 Å². The Hall–Kier alpha value is -1.12. The first kappa shape index (κ1) is 9.96. The molecule has 1 heterocycles. The minimum atomic E-state index is -0.430. The summed E-state index contributed by atoms with van der Waals surface area (Å²) in [5.41, 5.74) is 0.270. The van der Waals surface area contributed by atoms with Gasteiger partial charge in [0.1, 0.15) is 0 Å². The number of nitrogens with zero attached hydrogens (tertiary/aromatic N) is 1. The van der Waals surface area contributed by atoms with Crippen molar-refractivity contribution in [3.8, 4) is 0 Å². The van der Waals surface area contributed by atoms with Crippen LogP contribution < -0.4 is 0 Å². The maximum Gasteiger partial charge on any atom is 0.318 e. The van der Waals surface area contributed by atoms with E-state index in [2.05, 4.69) is 11.6 Å². The van der Waals surface area contributed by atoms with Crippen LogP contribution in [0.5, 0.6) is 0 Å². The van der Waals surface area contributed by atoms with E-state index >= 15 is 0 Å². The van der Waals surface area contributed by atoms with E-state index < -0.39 is 5.41 Å². The van der Waals surface area contributed by atoms with Crippen molar-refractivity contribution in [2.45, 2.75) is 27.2 Å². The summed E-state index contributed by atoms with van der Waals surface area (Å²) in [4.78, 5) is 15.6. The number of carbonyl (C=O) groups excluding carboxylic acids is 1. The zero-order valence-electron chi connectivity index (χ0n) is 8.39. The van der Waals surface area contributed by atoms with E-state index in [1.165, 1.54) is 0 Å². The van der Waals surface area contributed by atoms with E-state index in [9.17, 15) is 4.79 Å². The number of rotatable bonds is 1. The van der Waals surface area contributed by atoms with Crippen molar-refractivity contribution in [1.29, 1.82) is 0 Å². The summed E-state index contributed by atoms with van der Waals surface area (Å²) in [5, 5.41) is 0. The Morgan fingerprint density at radius 1 is 1.62 bits per heavy atom. The summed E-state index contributed by atoms with van der Waals surface area (Å²) in [6, 6.07) is 0. The third kappa shape index (κ3) is 2.17. The Morgan fingerprint density at radius 3 is 2.77 bits per heavy atom. The first-order chi connectivity index (χ1) is 5.93. The minimum absolute atomic E-state index is 0.216. The van der Waals surface area contributed by atoms with Crippen LogP contribution in [0.3, 0.4) is 0 Å². The molecular formula is C10H15NO2. The van der Waals surface area contributed by atoms with Crippen molar-refractivity contribution >= 4 is 11.9 Å². The predicted octanol–water partition coefficient (Wildman–Crippen LogP) is 1.93. The van der Waals surface area contributed by atoms with Crippen molar-refractivity contribution < 1.29 is 9.53 Å². The lowest BCUT2D eigenvalue weighted by Crippen LogP contribution is -2.27. The number of hydrogen-bond donors (Lipinski definition) is 0. The Kier molecular flexibility index (Phi) is 2.55. The molecule has 0 fully saturated rings. The lowest BCUT2D eigenvalue weighted by molar-refractivity contribution is -0.144. The second-order valence-electron chi connectivity index (χ2n) is 3.99. The zero-order chi connectivity index (χ0) is 10.1. The molecule has 72 valence electrons. The molecule has 0 spiro atoms. The Labute approximate surface area is 78.5 Å². The third-order valence-electron chi connectivity index (χ3n) is 2.10. The van der Waals surface area contributed by atoms with Gasteiger partial charge in [-0.15, -0.1) is 0 Å². The fourth-order valence-corrected chi connectivity index (χ4v) is 1.02. The van der Waals surface area contributed by atoms with Crippen LogP contribution in [0.2, 0.25) is 0 Å². The van der Waals surface area contributed by atoms with Gasteiger partial charge in [-0.05, 0) is 27.2 Å². The van der Waals surface area contributed by atoms with Crippen molar-refractivity contribution in [3.05, 3.63) is 12.2 Å². The van der Waals surface area contributed by atoms with Crippen LogP contribution in [0.25, 0.3) is 0 Å². The standard InChI is InChI=1S/C10H15NO2/c1-7(2)8-11-6-5-10(3,4)9(12)13-8/h1,5-6H2,2-4H3. The molecule has 1 rings (SSSR count). The quantitative estimate of drug-likeness (QED) is 0.580. The van der Waals surface area contributed by atoms with E-state index in [1.807, 2.05) is 13.8 Å². The lowest BCUT2D eigenvalue weighted by atomic mass is 9.90. The third-order valence-corrected chi connectivity index (χ3v) is 2.10. The van der Waals surface area contributed by atoms with Crippen molar-refractivity contribution in [2.24, 2.45) is 10.4 Å². The summed E-state index contributed by atoms with van der Waals surface area (Å²) in [6.07, 6.45) is 0.725. The molecule has 0 N–H and O–H groups in total. The fraction of sp³-hybridized carbons (Fsp3) is 0.600. The molecule has 3 nitrogen and oxygen atoms in total. The number of ether oxygens (including phenoxy) is 1. The highest BCUT2D eigenvalue weighted by molar-refractivity contribution is 6.00. The van der Waals surface area contributed by atoms with E-state index in [0.29, 0.717) is 18.0 Å². The average Bonchev–Trinajstić information content (AvgIpc) is 2.12. The van der Waals surface area contributed by atoms with Gasteiger partial charge < -0.3 is 4.74 Å². The number of cyclic esters (lactones) is 1. The number of carbonyl (C=O) groups is 1. The molecule has 0 saturated carbocycles. The second kappa shape index (κ2) is 3.32. The van der Waals surface area contributed by atoms with Crippen LogP contribution in [0.4, 0.5) is 0 Å². The van der Waals surface area contributed by atoms with Gasteiger partial charge in [-0.25, -0.2) is 0 Å². The molecular weight excluding hydrogens is 166 g/mol. The van der Waals surface area contributed by atoms with Crippen LogP contribution in [0.1, 0.15) is 27.2 Å². The smallest absolute Gasteiger partial charge is 0.318 e. The highest BCUT2D eigenvalue weighted by atomic mass is 16.5. The van der Waals surface area contributed by atoms with E-state index in [1.54, 1.807) is 6.92 Å². The molecule has 0 aliphatic carbocycles. The highest BCUT2D eigenvalue weighted by Gasteiger charge is 2.32. The minimum Gasteiger partial charge on any atom is -0.407 e. The zero-order valence-corrected chi connectivity index (χ0v) is 8.39. The van der Waals surface area contributed by atoms with Gasteiger partial charge in [0.15, 0.2) is 0 Å². The van der Waals surface area contributed by atoms with Crippen LogP contribution in [-0.2, 0) is 9.53 Å². The molecule has 0 radical (unpaired) electrons. The topological polar surface area (TPSA) is 38.7 Å². The summed E-state index contributed by atoms with van der Waals surface area (Å²) in [5.74, 6) is 0.169. The largest absolute Gasteiger partial charge is 0.407 e. The van der Waals surface area contributed by atoms with Crippen molar-refractivity contribution in [1.82, 2.24) is 0 Å². The number of hydrogen-bond acceptors (Lipinski definition) is 3. The molecule has 1 aliphatic heterocycles. The van der Waals surface area contributed by atoms with Gasteiger partial charge >= 0.3 is 5.97 Å². The molecule has 0 saturated heterocycles. The van der Waals surface area contributed by atoms with Gasteiger partial charge in [0.25, 0.3) is 0 Å². The normalized spacial score (nSPS) is 21.5. The molecule has 0 aromatic rings. The molecule has 0 amide bonds. The average molecular weight is 181 g/mol. The van der Waals surface area contributed by atoms with Gasteiger partial charge in [-0.3, -0.25) is 9.79 Å².